The molecule has 0 atom stereocenters. The third kappa shape index (κ3) is 3.39. The first kappa shape index (κ1) is 16.3. The van der Waals surface area contributed by atoms with E-state index in [2.05, 4.69) is 0 Å². The van der Waals surface area contributed by atoms with Gasteiger partial charge in [-0.15, -0.1) is 0 Å². The normalized spacial score (nSPS) is 12.7. The summed E-state index contributed by atoms with van der Waals surface area (Å²) < 4.78 is 20.0. The van der Waals surface area contributed by atoms with Crippen LogP contribution in [-0.2, 0) is 0 Å². The number of rotatable bonds is 1. The van der Waals surface area contributed by atoms with Crippen molar-refractivity contribution in [2.75, 3.05) is 13.6 Å². The first-order valence-corrected chi connectivity index (χ1v) is 6.34. The number of hydrogen-bond donors (Lipinski definition) is 2. The first-order chi connectivity index (χ1) is 10.7. The number of aromatic hydroxyl groups is 2. The molecule has 0 unspecified atom stereocenters. The molecule has 2 N–H and O–H groups in total. The minimum absolute atomic E-state index is 0. The Labute approximate surface area is 132 Å². The van der Waals surface area contributed by atoms with Crippen molar-refractivity contribution in [3.05, 3.63) is 35.9 Å². The molecule has 0 fully saturated rings. The van der Waals surface area contributed by atoms with Crippen LogP contribution in [0.2, 0.25) is 0 Å². The number of hydrogen-bond acceptors (Lipinski definition) is 7. The molecule has 7 heteroatoms. The van der Waals surface area contributed by atoms with E-state index in [-0.39, 0.29) is 38.1 Å². The zero-order chi connectivity index (χ0) is 15.5. The Bertz CT molecular complexity index is 712. The topological polar surface area (TPSA) is 94.5 Å². The zero-order valence-electron chi connectivity index (χ0n) is 11.3. The van der Waals surface area contributed by atoms with Crippen LogP contribution < -0.4 is 18.9 Å². The van der Waals surface area contributed by atoms with Crippen LogP contribution >= 0.6 is 0 Å². The summed E-state index contributed by atoms with van der Waals surface area (Å²) in [5.74, 6) is 2.38. The molecular formula is C16H16O7. The largest absolute Gasteiger partial charge is 0.508 e. The van der Waals surface area contributed by atoms with Crippen molar-refractivity contribution >= 4 is 6.29 Å². The van der Waals surface area contributed by atoms with Crippen LogP contribution in [0.25, 0.3) is 0 Å². The average molecular weight is 320 g/mol. The number of aldehydes is 1. The maximum Gasteiger partial charge on any atom is 0.231 e. The van der Waals surface area contributed by atoms with Gasteiger partial charge in [0.05, 0.1) is 5.56 Å². The summed E-state index contributed by atoms with van der Waals surface area (Å²) in [5.41, 5.74) is 0.208. The van der Waals surface area contributed by atoms with Crippen molar-refractivity contribution in [3.63, 3.8) is 0 Å². The second-order valence-corrected chi connectivity index (χ2v) is 4.42. The molecule has 2 heterocycles. The summed E-state index contributed by atoms with van der Waals surface area (Å²) >= 11 is 0. The lowest BCUT2D eigenvalue weighted by molar-refractivity contribution is 0.112. The molecule has 0 aromatic heterocycles. The van der Waals surface area contributed by atoms with E-state index in [0.717, 1.165) is 0 Å². The lowest BCUT2D eigenvalue weighted by Crippen LogP contribution is -1.92. The molecule has 4 rings (SSSR count). The Kier molecular flexibility index (Phi) is 4.80. The maximum atomic E-state index is 10.4. The van der Waals surface area contributed by atoms with E-state index in [1.165, 1.54) is 18.2 Å². The van der Waals surface area contributed by atoms with Crippen LogP contribution in [0.1, 0.15) is 17.8 Å². The second-order valence-electron chi connectivity index (χ2n) is 4.42. The molecule has 0 bridgehead atoms. The van der Waals surface area contributed by atoms with Gasteiger partial charge < -0.3 is 29.2 Å². The van der Waals surface area contributed by atoms with Gasteiger partial charge in [-0.25, -0.2) is 0 Å². The van der Waals surface area contributed by atoms with Crippen molar-refractivity contribution in [2.24, 2.45) is 0 Å². The standard InChI is InChI=1S/C8H6O4.C7H6O3.CH4/c9-3-5-1-7-8(2-6(5)10)12-4-11-7;8-5-1-2-6-7(3-5)10-4-9-6;/h1-3,10H,4H2;1-3,8H,4H2;1H4. The molecule has 0 amide bonds. The molecule has 0 aliphatic carbocycles. The molecule has 0 spiro atoms. The van der Waals surface area contributed by atoms with Gasteiger partial charge in [-0.05, 0) is 18.2 Å². The zero-order valence-corrected chi connectivity index (χ0v) is 11.3. The summed E-state index contributed by atoms with van der Waals surface area (Å²) in [6.45, 7) is 0.385. The highest BCUT2D eigenvalue weighted by molar-refractivity contribution is 5.81. The third-order valence-corrected chi connectivity index (χ3v) is 3.01. The molecule has 2 aromatic carbocycles. The summed E-state index contributed by atoms with van der Waals surface area (Å²) in [7, 11) is 0. The Hall–Kier alpha value is -3.09. The van der Waals surface area contributed by atoms with Gasteiger partial charge in [-0.1, -0.05) is 7.43 Å². The van der Waals surface area contributed by atoms with Crippen LogP contribution in [0.5, 0.6) is 34.5 Å². The Morgan fingerprint density at radius 3 is 2.04 bits per heavy atom. The van der Waals surface area contributed by atoms with Gasteiger partial charge in [-0.2, -0.15) is 0 Å². The van der Waals surface area contributed by atoms with Crippen LogP contribution in [0.3, 0.4) is 0 Å². The number of phenols is 2. The SMILES string of the molecule is C.O=Cc1cc2c(cc1O)OCO2.Oc1ccc2c(c1)OCO2. The Morgan fingerprint density at radius 1 is 0.826 bits per heavy atom. The van der Waals surface area contributed by atoms with Crippen molar-refractivity contribution in [1.82, 2.24) is 0 Å². The van der Waals surface area contributed by atoms with Crippen LogP contribution in [-0.4, -0.2) is 30.1 Å². The fraction of sp³-hybridized carbons (Fsp3) is 0.188. The molecule has 0 radical (unpaired) electrons. The van der Waals surface area contributed by atoms with Crippen molar-refractivity contribution in [3.8, 4) is 34.5 Å². The van der Waals surface area contributed by atoms with E-state index >= 15 is 0 Å². The fourth-order valence-electron chi connectivity index (χ4n) is 1.93. The summed E-state index contributed by atoms with van der Waals surface area (Å²) in [6, 6.07) is 7.59. The molecule has 122 valence electrons. The first-order valence-electron chi connectivity index (χ1n) is 6.34. The lowest BCUT2D eigenvalue weighted by Gasteiger charge is -1.98. The number of phenolic OH excluding ortho intramolecular Hbond substituents is 2. The predicted octanol–water partition coefficient (Wildman–Crippen LogP) is 2.69. The maximum absolute atomic E-state index is 10.4. The van der Waals surface area contributed by atoms with E-state index in [1.54, 1.807) is 12.1 Å². The highest BCUT2D eigenvalue weighted by Crippen LogP contribution is 2.36. The van der Waals surface area contributed by atoms with Gasteiger partial charge in [0.1, 0.15) is 11.5 Å². The smallest absolute Gasteiger partial charge is 0.231 e. The van der Waals surface area contributed by atoms with Crippen molar-refractivity contribution in [2.45, 2.75) is 7.43 Å². The van der Waals surface area contributed by atoms with Crippen LogP contribution in [0, 0.1) is 0 Å². The van der Waals surface area contributed by atoms with Crippen LogP contribution in [0.4, 0.5) is 0 Å². The minimum atomic E-state index is -0.0887. The van der Waals surface area contributed by atoms with E-state index in [4.69, 9.17) is 24.1 Å². The highest BCUT2D eigenvalue weighted by Gasteiger charge is 2.16. The van der Waals surface area contributed by atoms with Gasteiger partial charge in [0.2, 0.25) is 13.6 Å². The number of carbonyl (C=O) groups excluding carboxylic acids is 1. The van der Waals surface area contributed by atoms with E-state index in [9.17, 15) is 9.90 Å². The van der Waals surface area contributed by atoms with E-state index in [1.807, 2.05) is 0 Å². The molecule has 0 saturated heterocycles. The summed E-state index contributed by atoms with van der Waals surface area (Å²) in [5, 5.41) is 18.2. The molecule has 7 nitrogen and oxygen atoms in total. The Morgan fingerprint density at radius 2 is 1.39 bits per heavy atom. The van der Waals surface area contributed by atoms with Crippen LogP contribution in [0.15, 0.2) is 30.3 Å². The summed E-state index contributed by atoms with van der Waals surface area (Å²) in [4.78, 5) is 10.4. The average Bonchev–Trinajstić information content (AvgIpc) is 3.14. The number of ether oxygens (including phenoxy) is 4. The van der Waals surface area contributed by atoms with E-state index < -0.39 is 0 Å². The Balaban J connectivity index is 0.000000162. The monoisotopic (exact) mass is 320 g/mol. The van der Waals surface area contributed by atoms with E-state index in [0.29, 0.717) is 29.3 Å². The molecular weight excluding hydrogens is 304 g/mol. The van der Waals surface area contributed by atoms with Gasteiger partial charge in [0.25, 0.3) is 0 Å². The molecule has 0 saturated carbocycles. The van der Waals surface area contributed by atoms with Gasteiger partial charge >= 0.3 is 0 Å². The lowest BCUT2D eigenvalue weighted by atomic mass is 10.2. The van der Waals surface area contributed by atoms with Gasteiger partial charge in [0, 0.05) is 12.1 Å². The summed E-state index contributed by atoms with van der Waals surface area (Å²) in [6.07, 6.45) is 0.567. The van der Waals surface area contributed by atoms with Crippen molar-refractivity contribution < 1.29 is 34.0 Å². The second kappa shape index (κ2) is 6.78. The fourth-order valence-corrected chi connectivity index (χ4v) is 1.93. The van der Waals surface area contributed by atoms with Crippen molar-refractivity contribution in [1.29, 1.82) is 0 Å². The minimum Gasteiger partial charge on any atom is -0.508 e. The predicted molar refractivity (Wildman–Crippen MR) is 80.6 cm³/mol. The molecule has 2 aliphatic heterocycles. The third-order valence-electron chi connectivity index (χ3n) is 3.01. The quantitative estimate of drug-likeness (QED) is 0.780. The number of carbonyl (C=O) groups is 1. The van der Waals surface area contributed by atoms with Gasteiger partial charge in [-0.3, -0.25) is 4.79 Å². The van der Waals surface area contributed by atoms with Gasteiger partial charge in [0.15, 0.2) is 29.3 Å². The highest BCUT2D eigenvalue weighted by atomic mass is 16.7. The number of fused-ring (bicyclic) bond motifs is 2. The molecule has 23 heavy (non-hydrogen) atoms. The number of benzene rings is 2. The molecule has 2 aliphatic rings. The molecule has 2 aromatic rings.